The van der Waals surface area contributed by atoms with Crippen LogP contribution >= 0.6 is 11.6 Å². The molecule has 0 bridgehead atoms. The van der Waals surface area contributed by atoms with Gasteiger partial charge in [-0.25, -0.2) is 14.4 Å². The third kappa shape index (κ3) is 2.51. The fourth-order valence-corrected chi connectivity index (χ4v) is 2.17. The molecule has 0 N–H and O–H groups in total. The predicted molar refractivity (Wildman–Crippen MR) is 71.2 cm³/mol. The number of benzene rings is 1. The summed E-state index contributed by atoms with van der Waals surface area (Å²) < 4.78 is 13.4. The van der Waals surface area contributed by atoms with Crippen molar-refractivity contribution in [2.45, 2.75) is 26.7 Å². The van der Waals surface area contributed by atoms with Gasteiger partial charge >= 0.3 is 0 Å². The van der Waals surface area contributed by atoms with Crippen molar-refractivity contribution in [3.8, 4) is 11.3 Å². The van der Waals surface area contributed by atoms with Crippen LogP contribution in [0, 0.1) is 12.7 Å². The highest BCUT2D eigenvalue weighted by Crippen LogP contribution is 2.29. The van der Waals surface area contributed by atoms with E-state index in [1.807, 2.05) is 6.92 Å². The molecule has 0 unspecified atom stereocenters. The van der Waals surface area contributed by atoms with Crippen molar-refractivity contribution in [1.29, 1.82) is 0 Å². The molecule has 1 heterocycles. The van der Waals surface area contributed by atoms with Gasteiger partial charge in [0.25, 0.3) is 0 Å². The Bertz CT molecular complexity index is 570. The van der Waals surface area contributed by atoms with Gasteiger partial charge in [0.1, 0.15) is 17.3 Å². The fourth-order valence-electron chi connectivity index (χ4n) is 1.94. The standard InChI is InChI=1S/C14H14ClFN2/c1-3-4-11-13(17-8-18-14(11)15)12-7-10(16)6-5-9(12)2/h5-8H,3-4H2,1-2H3. The second-order valence-electron chi connectivity index (χ2n) is 4.20. The lowest BCUT2D eigenvalue weighted by Gasteiger charge is -2.11. The van der Waals surface area contributed by atoms with E-state index in [0.717, 1.165) is 35.2 Å². The van der Waals surface area contributed by atoms with E-state index >= 15 is 0 Å². The van der Waals surface area contributed by atoms with Gasteiger partial charge in [-0.1, -0.05) is 31.0 Å². The topological polar surface area (TPSA) is 25.8 Å². The molecular weight excluding hydrogens is 251 g/mol. The summed E-state index contributed by atoms with van der Waals surface area (Å²) in [4.78, 5) is 8.26. The zero-order valence-corrected chi connectivity index (χ0v) is 11.1. The van der Waals surface area contributed by atoms with Crippen LogP contribution in [0.15, 0.2) is 24.5 Å². The number of nitrogens with zero attached hydrogens (tertiary/aromatic N) is 2. The molecule has 0 saturated carbocycles. The SMILES string of the molecule is CCCc1c(Cl)ncnc1-c1cc(F)ccc1C. The van der Waals surface area contributed by atoms with Crippen LogP contribution in [-0.4, -0.2) is 9.97 Å². The van der Waals surface area contributed by atoms with Crippen molar-refractivity contribution in [1.82, 2.24) is 9.97 Å². The van der Waals surface area contributed by atoms with E-state index in [4.69, 9.17) is 11.6 Å². The summed E-state index contributed by atoms with van der Waals surface area (Å²) in [7, 11) is 0. The first-order chi connectivity index (χ1) is 8.63. The predicted octanol–water partition coefficient (Wildman–Crippen LogP) is 4.20. The molecule has 0 aliphatic rings. The summed E-state index contributed by atoms with van der Waals surface area (Å²) in [6, 6.07) is 4.69. The number of halogens is 2. The summed E-state index contributed by atoms with van der Waals surface area (Å²) in [6.45, 7) is 3.99. The van der Waals surface area contributed by atoms with Gasteiger partial charge in [0.2, 0.25) is 0 Å². The molecule has 18 heavy (non-hydrogen) atoms. The van der Waals surface area contributed by atoms with Gasteiger partial charge in [0, 0.05) is 11.1 Å². The first-order valence-corrected chi connectivity index (χ1v) is 6.27. The van der Waals surface area contributed by atoms with Crippen molar-refractivity contribution in [3.63, 3.8) is 0 Å². The molecule has 1 aromatic heterocycles. The third-order valence-electron chi connectivity index (χ3n) is 2.85. The second kappa shape index (κ2) is 5.44. The molecule has 0 spiro atoms. The van der Waals surface area contributed by atoms with Gasteiger partial charge in [0.15, 0.2) is 0 Å². The van der Waals surface area contributed by atoms with Crippen LogP contribution in [0.3, 0.4) is 0 Å². The van der Waals surface area contributed by atoms with E-state index in [1.165, 1.54) is 18.5 Å². The molecule has 0 aliphatic carbocycles. The van der Waals surface area contributed by atoms with Crippen molar-refractivity contribution in [3.05, 3.63) is 46.6 Å². The monoisotopic (exact) mass is 264 g/mol. The largest absolute Gasteiger partial charge is 0.236 e. The summed E-state index contributed by atoms with van der Waals surface area (Å²) in [5.41, 5.74) is 3.37. The first kappa shape index (κ1) is 13.0. The molecule has 0 atom stereocenters. The van der Waals surface area contributed by atoms with Gasteiger partial charge < -0.3 is 0 Å². The van der Waals surface area contributed by atoms with E-state index in [2.05, 4.69) is 16.9 Å². The van der Waals surface area contributed by atoms with Crippen LogP contribution in [0.25, 0.3) is 11.3 Å². The summed E-state index contributed by atoms with van der Waals surface area (Å²) in [5.74, 6) is -0.271. The van der Waals surface area contributed by atoms with Gasteiger partial charge in [-0.3, -0.25) is 0 Å². The van der Waals surface area contributed by atoms with Crippen LogP contribution in [0.4, 0.5) is 4.39 Å². The molecule has 1 aromatic carbocycles. The van der Waals surface area contributed by atoms with Crippen molar-refractivity contribution >= 4 is 11.6 Å². The van der Waals surface area contributed by atoms with Crippen LogP contribution in [0.2, 0.25) is 5.15 Å². The van der Waals surface area contributed by atoms with Crippen LogP contribution in [0.1, 0.15) is 24.5 Å². The van der Waals surface area contributed by atoms with E-state index in [9.17, 15) is 4.39 Å². The maximum atomic E-state index is 13.4. The Morgan fingerprint density at radius 1 is 1.28 bits per heavy atom. The smallest absolute Gasteiger partial charge is 0.136 e. The minimum absolute atomic E-state index is 0.271. The Hall–Kier alpha value is -1.48. The Kier molecular flexibility index (Phi) is 3.92. The highest BCUT2D eigenvalue weighted by atomic mass is 35.5. The molecular formula is C14H14ClFN2. The van der Waals surface area contributed by atoms with Gasteiger partial charge in [-0.05, 0) is 31.0 Å². The number of hydrogen-bond donors (Lipinski definition) is 0. The number of aromatic nitrogens is 2. The average Bonchev–Trinajstić information content (AvgIpc) is 2.35. The van der Waals surface area contributed by atoms with Crippen molar-refractivity contribution in [2.24, 2.45) is 0 Å². The van der Waals surface area contributed by atoms with Gasteiger partial charge in [-0.15, -0.1) is 0 Å². The molecule has 0 amide bonds. The van der Waals surface area contributed by atoms with Crippen LogP contribution < -0.4 is 0 Å². The van der Waals surface area contributed by atoms with Gasteiger partial charge in [0.05, 0.1) is 5.69 Å². The molecule has 94 valence electrons. The summed E-state index contributed by atoms with van der Waals surface area (Å²) in [6.07, 6.45) is 3.14. The average molecular weight is 265 g/mol. The molecule has 0 fully saturated rings. The van der Waals surface area contributed by atoms with Crippen LogP contribution in [-0.2, 0) is 6.42 Å². The zero-order valence-electron chi connectivity index (χ0n) is 10.4. The zero-order chi connectivity index (χ0) is 13.1. The maximum Gasteiger partial charge on any atom is 0.136 e. The van der Waals surface area contributed by atoms with Crippen molar-refractivity contribution < 1.29 is 4.39 Å². The molecule has 0 radical (unpaired) electrons. The number of rotatable bonds is 3. The molecule has 0 aliphatic heterocycles. The lowest BCUT2D eigenvalue weighted by Crippen LogP contribution is -1.98. The number of hydrogen-bond acceptors (Lipinski definition) is 2. The normalized spacial score (nSPS) is 10.7. The lowest BCUT2D eigenvalue weighted by molar-refractivity contribution is 0.628. The Balaban J connectivity index is 2.63. The lowest BCUT2D eigenvalue weighted by atomic mass is 10.00. The van der Waals surface area contributed by atoms with E-state index < -0.39 is 0 Å². The fraction of sp³-hybridized carbons (Fsp3) is 0.286. The Morgan fingerprint density at radius 3 is 2.78 bits per heavy atom. The first-order valence-electron chi connectivity index (χ1n) is 5.89. The maximum absolute atomic E-state index is 13.4. The highest BCUT2D eigenvalue weighted by Gasteiger charge is 2.13. The van der Waals surface area contributed by atoms with Crippen molar-refractivity contribution in [2.75, 3.05) is 0 Å². The minimum atomic E-state index is -0.271. The van der Waals surface area contributed by atoms with E-state index in [1.54, 1.807) is 6.07 Å². The quantitative estimate of drug-likeness (QED) is 0.777. The Labute approximate surface area is 111 Å². The molecule has 2 rings (SSSR count). The highest BCUT2D eigenvalue weighted by molar-refractivity contribution is 6.30. The molecule has 0 saturated heterocycles. The van der Waals surface area contributed by atoms with E-state index in [-0.39, 0.29) is 5.82 Å². The second-order valence-corrected chi connectivity index (χ2v) is 4.56. The molecule has 2 nitrogen and oxygen atoms in total. The summed E-state index contributed by atoms with van der Waals surface area (Å²) >= 11 is 6.11. The molecule has 4 heteroatoms. The number of aryl methyl sites for hydroxylation is 1. The van der Waals surface area contributed by atoms with Gasteiger partial charge in [-0.2, -0.15) is 0 Å². The Morgan fingerprint density at radius 2 is 2.06 bits per heavy atom. The summed E-state index contributed by atoms with van der Waals surface area (Å²) in [5, 5.41) is 0.450. The third-order valence-corrected chi connectivity index (χ3v) is 3.17. The molecule has 2 aromatic rings. The minimum Gasteiger partial charge on any atom is -0.236 e. The van der Waals surface area contributed by atoms with Crippen LogP contribution in [0.5, 0.6) is 0 Å². The van der Waals surface area contributed by atoms with E-state index in [0.29, 0.717) is 5.15 Å².